The third-order valence-corrected chi connectivity index (χ3v) is 9.65. The number of hydrogen-bond donors (Lipinski definition) is 1. The molecular formula is C32H30Cl3N3O4S. The second-order valence-electron chi connectivity index (χ2n) is 9.85. The Labute approximate surface area is 267 Å². The lowest BCUT2D eigenvalue weighted by Crippen LogP contribution is -2.53. The molecule has 0 aromatic heterocycles. The van der Waals surface area contributed by atoms with Crippen molar-refractivity contribution in [3.8, 4) is 0 Å². The first-order valence-electron chi connectivity index (χ1n) is 13.3. The molecule has 0 radical (unpaired) electrons. The van der Waals surface area contributed by atoms with E-state index in [1.54, 1.807) is 55.5 Å². The number of carbonyl (C=O) groups is 2. The predicted molar refractivity (Wildman–Crippen MR) is 172 cm³/mol. The Morgan fingerprint density at radius 1 is 0.814 bits per heavy atom. The molecule has 0 bridgehead atoms. The van der Waals surface area contributed by atoms with Crippen molar-refractivity contribution >= 4 is 62.3 Å². The van der Waals surface area contributed by atoms with Crippen molar-refractivity contribution in [2.24, 2.45) is 0 Å². The van der Waals surface area contributed by atoms with Gasteiger partial charge in [0.25, 0.3) is 10.0 Å². The molecule has 1 N–H and O–H groups in total. The maximum atomic E-state index is 14.4. The molecule has 0 heterocycles. The van der Waals surface area contributed by atoms with Gasteiger partial charge in [-0.15, -0.1) is 0 Å². The summed E-state index contributed by atoms with van der Waals surface area (Å²) >= 11 is 18.7. The van der Waals surface area contributed by atoms with Gasteiger partial charge in [-0.2, -0.15) is 0 Å². The van der Waals surface area contributed by atoms with Crippen molar-refractivity contribution in [3.63, 3.8) is 0 Å². The largest absolute Gasteiger partial charge is 0.357 e. The van der Waals surface area contributed by atoms with Gasteiger partial charge in [0.05, 0.1) is 20.6 Å². The normalized spacial score (nSPS) is 11.9. The zero-order valence-electron chi connectivity index (χ0n) is 23.5. The zero-order chi connectivity index (χ0) is 31.1. The SMILES string of the molecule is CNC(=O)[C@H](Cc1ccccc1)N(Cc1ccc(Cl)c(Cl)c1)C(=O)CN(c1cc(Cl)ccc1C)S(=O)(=O)c1ccccc1. The molecule has 224 valence electrons. The highest BCUT2D eigenvalue weighted by Gasteiger charge is 2.35. The molecular weight excluding hydrogens is 629 g/mol. The van der Waals surface area contributed by atoms with E-state index in [0.717, 1.165) is 9.87 Å². The van der Waals surface area contributed by atoms with E-state index in [4.69, 9.17) is 34.8 Å². The molecule has 4 rings (SSSR count). The summed E-state index contributed by atoms with van der Waals surface area (Å²) in [7, 11) is -2.74. The summed E-state index contributed by atoms with van der Waals surface area (Å²) in [5.41, 5.74) is 2.28. The second-order valence-corrected chi connectivity index (χ2v) is 13.0. The maximum Gasteiger partial charge on any atom is 0.264 e. The molecule has 2 amide bonds. The lowest BCUT2D eigenvalue weighted by molar-refractivity contribution is -0.139. The molecule has 4 aromatic carbocycles. The summed E-state index contributed by atoms with van der Waals surface area (Å²) in [6, 6.07) is 25.9. The number of nitrogens with one attached hydrogen (secondary N) is 1. The number of amides is 2. The van der Waals surface area contributed by atoms with Crippen LogP contribution in [0.1, 0.15) is 16.7 Å². The summed E-state index contributed by atoms with van der Waals surface area (Å²) in [6.45, 7) is 1.11. The highest BCUT2D eigenvalue weighted by molar-refractivity contribution is 7.92. The van der Waals surface area contributed by atoms with E-state index in [1.165, 1.54) is 30.1 Å². The van der Waals surface area contributed by atoms with E-state index < -0.39 is 34.4 Å². The third kappa shape index (κ3) is 7.89. The van der Waals surface area contributed by atoms with Crippen LogP contribution in [-0.2, 0) is 32.6 Å². The average molecular weight is 659 g/mol. The Bertz CT molecular complexity index is 1700. The first kappa shape index (κ1) is 32.4. The third-order valence-electron chi connectivity index (χ3n) is 6.90. The number of rotatable bonds is 11. The fraction of sp³-hybridized carbons (Fsp3) is 0.188. The van der Waals surface area contributed by atoms with Crippen LogP contribution in [0.2, 0.25) is 15.1 Å². The first-order chi connectivity index (χ1) is 20.5. The first-order valence-corrected chi connectivity index (χ1v) is 15.9. The van der Waals surface area contributed by atoms with Crippen LogP contribution in [0.15, 0.2) is 102 Å². The van der Waals surface area contributed by atoms with Crippen LogP contribution in [0.4, 0.5) is 5.69 Å². The summed E-state index contributed by atoms with van der Waals surface area (Å²) in [5.74, 6) is -1.01. The Balaban J connectivity index is 1.82. The van der Waals surface area contributed by atoms with Crippen molar-refractivity contribution in [2.45, 2.75) is 30.8 Å². The Hall–Kier alpha value is -3.56. The zero-order valence-corrected chi connectivity index (χ0v) is 26.6. The summed E-state index contributed by atoms with van der Waals surface area (Å²) < 4.78 is 29.1. The van der Waals surface area contributed by atoms with Crippen molar-refractivity contribution in [2.75, 3.05) is 17.9 Å². The summed E-state index contributed by atoms with van der Waals surface area (Å²) in [5, 5.41) is 3.59. The van der Waals surface area contributed by atoms with Crippen LogP contribution in [0, 0.1) is 6.92 Å². The number of aryl methyl sites for hydroxylation is 1. The number of nitrogens with zero attached hydrogens (tertiary/aromatic N) is 2. The predicted octanol–water partition coefficient (Wildman–Crippen LogP) is 6.54. The molecule has 4 aromatic rings. The average Bonchev–Trinajstić information content (AvgIpc) is 3.01. The summed E-state index contributed by atoms with van der Waals surface area (Å²) in [4.78, 5) is 29.1. The van der Waals surface area contributed by atoms with Crippen molar-refractivity contribution in [1.82, 2.24) is 10.2 Å². The number of benzene rings is 4. The number of anilines is 1. The minimum absolute atomic E-state index is 0.00495. The van der Waals surface area contributed by atoms with E-state index in [1.807, 2.05) is 30.3 Å². The van der Waals surface area contributed by atoms with Gasteiger partial charge < -0.3 is 10.2 Å². The van der Waals surface area contributed by atoms with Crippen LogP contribution in [0.3, 0.4) is 0 Å². The minimum atomic E-state index is -4.23. The van der Waals surface area contributed by atoms with E-state index in [2.05, 4.69) is 5.32 Å². The van der Waals surface area contributed by atoms with Crippen molar-refractivity contribution in [1.29, 1.82) is 0 Å². The Morgan fingerprint density at radius 2 is 1.47 bits per heavy atom. The maximum absolute atomic E-state index is 14.4. The van der Waals surface area contributed by atoms with Crippen LogP contribution < -0.4 is 9.62 Å². The molecule has 1 atom stereocenters. The molecule has 0 unspecified atom stereocenters. The van der Waals surface area contributed by atoms with E-state index in [-0.39, 0.29) is 28.6 Å². The number of halogens is 3. The quantitative estimate of drug-likeness (QED) is 0.198. The lowest BCUT2D eigenvalue weighted by Gasteiger charge is -2.34. The van der Waals surface area contributed by atoms with Gasteiger partial charge in [0.1, 0.15) is 12.6 Å². The van der Waals surface area contributed by atoms with Crippen LogP contribution >= 0.6 is 34.8 Å². The van der Waals surface area contributed by atoms with Crippen LogP contribution in [0.25, 0.3) is 0 Å². The molecule has 0 saturated carbocycles. The molecule has 11 heteroatoms. The summed E-state index contributed by atoms with van der Waals surface area (Å²) in [6.07, 6.45) is 0.190. The van der Waals surface area contributed by atoms with Crippen LogP contribution in [0.5, 0.6) is 0 Å². The molecule has 43 heavy (non-hydrogen) atoms. The molecule has 0 aliphatic rings. The highest BCUT2D eigenvalue weighted by atomic mass is 35.5. The van der Waals surface area contributed by atoms with Gasteiger partial charge in [-0.3, -0.25) is 13.9 Å². The smallest absolute Gasteiger partial charge is 0.264 e. The molecule has 0 aliphatic carbocycles. The Morgan fingerprint density at radius 3 is 2.09 bits per heavy atom. The van der Waals surface area contributed by atoms with Crippen LogP contribution in [-0.4, -0.2) is 44.8 Å². The fourth-order valence-electron chi connectivity index (χ4n) is 4.64. The van der Waals surface area contributed by atoms with Gasteiger partial charge in [-0.25, -0.2) is 8.42 Å². The van der Waals surface area contributed by atoms with Gasteiger partial charge in [0.2, 0.25) is 11.8 Å². The molecule has 0 aliphatic heterocycles. The van der Waals surface area contributed by atoms with E-state index in [9.17, 15) is 18.0 Å². The number of carbonyl (C=O) groups excluding carboxylic acids is 2. The molecule has 0 spiro atoms. The highest BCUT2D eigenvalue weighted by Crippen LogP contribution is 2.30. The van der Waals surface area contributed by atoms with E-state index in [0.29, 0.717) is 21.2 Å². The van der Waals surface area contributed by atoms with Gasteiger partial charge >= 0.3 is 0 Å². The molecule has 0 fully saturated rings. The molecule has 7 nitrogen and oxygen atoms in total. The minimum Gasteiger partial charge on any atom is -0.357 e. The fourth-order valence-corrected chi connectivity index (χ4v) is 6.62. The Kier molecular flexibility index (Phi) is 10.7. The second kappa shape index (κ2) is 14.3. The number of sulfonamides is 1. The number of hydrogen-bond acceptors (Lipinski definition) is 4. The number of likely N-dealkylation sites (N-methyl/N-ethyl adjacent to an activating group) is 1. The topological polar surface area (TPSA) is 86.8 Å². The van der Waals surface area contributed by atoms with Gasteiger partial charge in [-0.1, -0.05) is 95.5 Å². The van der Waals surface area contributed by atoms with Crippen molar-refractivity contribution in [3.05, 3.63) is 129 Å². The molecule has 0 saturated heterocycles. The standard InChI is InChI=1S/C32H30Cl3N3O4S/c1-22-13-15-25(33)19-29(22)38(43(41,42)26-11-7-4-8-12-26)21-31(39)37(20-24-14-16-27(34)28(35)17-24)30(32(40)36-2)18-23-9-5-3-6-10-23/h3-17,19,30H,18,20-21H2,1-2H3,(H,36,40)/t30-/m0/s1. The van der Waals surface area contributed by atoms with Gasteiger partial charge in [-0.05, 0) is 60.0 Å². The van der Waals surface area contributed by atoms with E-state index >= 15 is 0 Å². The van der Waals surface area contributed by atoms with Crippen molar-refractivity contribution < 1.29 is 18.0 Å². The van der Waals surface area contributed by atoms with Gasteiger partial charge in [0.15, 0.2) is 0 Å². The van der Waals surface area contributed by atoms with Gasteiger partial charge in [0, 0.05) is 25.0 Å². The monoisotopic (exact) mass is 657 g/mol. The lowest BCUT2D eigenvalue weighted by atomic mass is 10.0.